The molecular formula is C24H16N2O2S. The molecule has 140 valence electrons. The van der Waals surface area contributed by atoms with Crippen LogP contribution in [-0.4, -0.2) is 9.38 Å². The van der Waals surface area contributed by atoms with Gasteiger partial charge in [-0.25, -0.2) is 9.78 Å². The number of fused-ring (bicyclic) bond motifs is 2. The normalized spacial score (nSPS) is 11.6. The maximum absolute atomic E-state index is 12.1. The van der Waals surface area contributed by atoms with Crippen molar-refractivity contribution in [3.8, 4) is 0 Å². The lowest BCUT2D eigenvalue weighted by molar-refractivity contribution is 0.557. The second-order valence-electron chi connectivity index (χ2n) is 6.50. The average molecular weight is 396 g/mol. The summed E-state index contributed by atoms with van der Waals surface area (Å²) in [5, 5.41) is 1.85. The Morgan fingerprint density at radius 3 is 2.59 bits per heavy atom. The van der Waals surface area contributed by atoms with E-state index in [9.17, 15) is 4.79 Å². The van der Waals surface area contributed by atoms with Crippen LogP contribution in [0.2, 0.25) is 0 Å². The summed E-state index contributed by atoms with van der Waals surface area (Å²) in [6.45, 7) is 0. The Labute approximate surface area is 171 Å². The lowest BCUT2D eigenvalue weighted by Crippen LogP contribution is -1.97. The van der Waals surface area contributed by atoms with E-state index in [0.29, 0.717) is 5.58 Å². The van der Waals surface area contributed by atoms with E-state index in [0.717, 1.165) is 32.2 Å². The topological polar surface area (TPSA) is 47.5 Å². The smallest absolute Gasteiger partial charge is 0.337 e. The van der Waals surface area contributed by atoms with Crippen LogP contribution in [0.4, 0.5) is 0 Å². The SMILES string of the molecule is O=c1cc(Sc2c(/C=C\c3ccccc3)nc3ccccn23)c2ccccc2o1. The van der Waals surface area contributed by atoms with Gasteiger partial charge in [0.15, 0.2) is 0 Å². The van der Waals surface area contributed by atoms with Crippen LogP contribution in [0.3, 0.4) is 0 Å². The van der Waals surface area contributed by atoms with Gasteiger partial charge in [0.1, 0.15) is 16.3 Å². The predicted molar refractivity (Wildman–Crippen MR) is 117 cm³/mol. The zero-order valence-electron chi connectivity index (χ0n) is 15.4. The fourth-order valence-electron chi connectivity index (χ4n) is 3.21. The van der Waals surface area contributed by atoms with E-state index in [-0.39, 0.29) is 5.63 Å². The van der Waals surface area contributed by atoms with Crippen LogP contribution < -0.4 is 5.63 Å². The fourth-order valence-corrected chi connectivity index (χ4v) is 4.32. The molecule has 0 spiro atoms. The molecule has 0 saturated heterocycles. The van der Waals surface area contributed by atoms with Crippen molar-refractivity contribution in [2.24, 2.45) is 0 Å². The molecule has 4 nitrogen and oxygen atoms in total. The minimum absolute atomic E-state index is 0.360. The minimum Gasteiger partial charge on any atom is -0.423 e. The zero-order chi connectivity index (χ0) is 19.6. The van der Waals surface area contributed by atoms with Gasteiger partial charge in [0.25, 0.3) is 0 Å². The maximum atomic E-state index is 12.1. The Hall–Kier alpha value is -3.57. The first kappa shape index (κ1) is 17.5. The van der Waals surface area contributed by atoms with E-state index in [2.05, 4.69) is 12.1 Å². The summed E-state index contributed by atoms with van der Waals surface area (Å²) in [7, 11) is 0. The number of nitrogens with zero attached hydrogens (tertiary/aromatic N) is 2. The van der Waals surface area contributed by atoms with E-state index in [1.807, 2.05) is 83.4 Å². The Morgan fingerprint density at radius 1 is 0.897 bits per heavy atom. The first-order valence-electron chi connectivity index (χ1n) is 9.19. The number of aromatic nitrogens is 2. The average Bonchev–Trinajstić information content (AvgIpc) is 3.10. The van der Waals surface area contributed by atoms with Gasteiger partial charge in [-0.2, -0.15) is 0 Å². The third-order valence-corrected chi connectivity index (χ3v) is 5.72. The molecule has 0 unspecified atom stereocenters. The van der Waals surface area contributed by atoms with Crippen molar-refractivity contribution in [3.63, 3.8) is 0 Å². The molecule has 0 aliphatic rings. The van der Waals surface area contributed by atoms with Crippen molar-refractivity contribution in [1.29, 1.82) is 0 Å². The monoisotopic (exact) mass is 396 g/mol. The Balaban J connectivity index is 1.65. The summed E-state index contributed by atoms with van der Waals surface area (Å²) in [6, 6.07) is 25.1. The van der Waals surface area contributed by atoms with E-state index >= 15 is 0 Å². The van der Waals surface area contributed by atoms with Gasteiger partial charge < -0.3 is 4.42 Å². The van der Waals surface area contributed by atoms with Gasteiger partial charge in [0, 0.05) is 22.5 Å². The summed E-state index contributed by atoms with van der Waals surface area (Å²) in [5.41, 5.74) is 3.03. The molecule has 5 aromatic rings. The van der Waals surface area contributed by atoms with Crippen molar-refractivity contribution in [1.82, 2.24) is 9.38 Å². The summed E-state index contributed by atoms with van der Waals surface area (Å²) >= 11 is 1.52. The molecule has 3 aromatic heterocycles. The number of hydrogen-bond acceptors (Lipinski definition) is 4. The largest absolute Gasteiger partial charge is 0.423 e. The van der Waals surface area contributed by atoms with Crippen LogP contribution in [0.15, 0.2) is 104 Å². The molecule has 0 atom stereocenters. The molecule has 2 aromatic carbocycles. The first-order chi connectivity index (χ1) is 14.3. The number of para-hydroxylation sites is 1. The molecule has 0 bridgehead atoms. The molecular weight excluding hydrogens is 380 g/mol. The minimum atomic E-state index is -0.360. The van der Waals surface area contributed by atoms with Gasteiger partial charge >= 0.3 is 5.63 Å². The molecule has 0 saturated carbocycles. The molecule has 5 heteroatoms. The Bertz CT molecular complexity index is 1400. The molecule has 0 fully saturated rings. The van der Waals surface area contributed by atoms with Crippen molar-refractivity contribution in [2.45, 2.75) is 9.92 Å². The third kappa shape index (κ3) is 3.48. The van der Waals surface area contributed by atoms with Gasteiger partial charge in [-0.05, 0) is 29.8 Å². The zero-order valence-corrected chi connectivity index (χ0v) is 16.2. The predicted octanol–water partition coefficient (Wildman–Crippen LogP) is 5.76. The molecule has 0 N–H and O–H groups in total. The van der Waals surface area contributed by atoms with Crippen molar-refractivity contribution in [3.05, 3.63) is 107 Å². The molecule has 3 heterocycles. The maximum Gasteiger partial charge on any atom is 0.337 e. The summed E-state index contributed by atoms with van der Waals surface area (Å²) in [6.07, 6.45) is 6.04. The molecule has 0 aliphatic heterocycles. The van der Waals surface area contributed by atoms with Gasteiger partial charge in [-0.1, -0.05) is 72.4 Å². The van der Waals surface area contributed by atoms with E-state index < -0.39 is 0 Å². The third-order valence-electron chi connectivity index (χ3n) is 4.56. The fraction of sp³-hybridized carbons (Fsp3) is 0. The number of rotatable bonds is 4. The summed E-state index contributed by atoms with van der Waals surface area (Å²) in [5.74, 6) is 0. The summed E-state index contributed by atoms with van der Waals surface area (Å²) < 4.78 is 7.38. The number of benzene rings is 2. The lowest BCUT2D eigenvalue weighted by Gasteiger charge is -2.06. The standard InChI is InChI=1S/C24H16N2O2S/c27-23-16-21(18-10-4-5-11-20(18)28-23)29-24-19(14-13-17-8-2-1-3-9-17)25-22-12-6-7-15-26(22)24/h1-16H/b14-13-. The van der Waals surface area contributed by atoms with Crippen LogP contribution in [0.1, 0.15) is 11.3 Å². The summed E-state index contributed by atoms with van der Waals surface area (Å²) in [4.78, 5) is 17.7. The second-order valence-corrected chi connectivity index (χ2v) is 7.53. The number of hydrogen-bond donors (Lipinski definition) is 0. The van der Waals surface area contributed by atoms with E-state index in [1.165, 1.54) is 11.8 Å². The van der Waals surface area contributed by atoms with Crippen LogP contribution in [-0.2, 0) is 0 Å². The van der Waals surface area contributed by atoms with Gasteiger partial charge in [0.2, 0.25) is 0 Å². The van der Waals surface area contributed by atoms with Crippen LogP contribution in [0.5, 0.6) is 0 Å². The Morgan fingerprint density at radius 2 is 1.69 bits per heavy atom. The van der Waals surface area contributed by atoms with E-state index in [1.54, 1.807) is 6.07 Å². The van der Waals surface area contributed by atoms with E-state index in [4.69, 9.17) is 9.40 Å². The molecule has 0 radical (unpaired) electrons. The first-order valence-corrected chi connectivity index (χ1v) is 10.0. The van der Waals surface area contributed by atoms with Gasteiger partial charge in [0.05, 0.1) is 5.69 Å². The van der Waals surface area contributed by atoms with Gasteiger partial charge in [-0.3, -0.25) is 4.40 Å². The number of imidazole rings is 1. The van der Waals surface area contributed by atoms with Crippen molar-refractivity contribution < 1.29 is 4.42 Å². The Kier molecular flexibility index (Phi) is 4.50. The number of pyridine rings is 1. The quantitative estimate of drug-likeness (QED) is 0.362. The van der Waals surface area contributed by atoms with Crippen LogP contribution in [0.25, 0.3) is 28.8 Å². The van der Waals surface area contributed by atoms with Crippen molar-refractivity contribution >= 4 is 40.5 Å². The highest BCUT2D eigenvalue weighted by molar-refractivity contribution is 7.99. The lowest BCUT2D eigenvalue weighted by atomic mass is 10.2. The molecule has 0 aliphatic carbocycles. The van der Waals surface area contributed by atoms with Gasteiger partial charge in [-0.15, -0.1) is 0 Å². The second kappa shape index (κ2) is 7.45. The van der Waals surface area contributed by atoms with Crippen LogP contribution in [0, 0.1) is 0 Å². The highest BCUT2D eigenvalue weighted by Crippen LogP contribution is 2.35. The molecule has 0 amide bonds. The molecule has 29 heavy (non-hydrogen) atoms. The van der Waals surface area contributed by atoms with Crippen LogP contribution >= 0.6 is 11.8 Å². The highest BCUT2D eigenvalue weighted by Gasteiger charge is 2.14. The van der Waals surface area contributed by atoms with Crippen molar-refractivity contribution in [2.75, 3.05) is 0 Å². The highest BCUT2D eigenvalue weighted by atomic mass is 32.2. The molecule has 5 rings (SSSR count).